The Bertz CT molecular complexity index is 1070. The van der Waals surface area contributed by atoms with Crippen LogP contribution in [0.3, 0.4) is 0 Å². The van der Waals surface area contributed by atoms with Crippen molar-refractivity contribution in [2.45, 2.75) is 31.7 Å². The van der Waals surface area contributed by atoms with Crippen LogP contribution >= 0.6 is 0 Å². The van der Waals surface area contributed by atoms with E-state index in [4.69, 9.17) is 4.74 Å². The minimum atomic E-state index is -4.56. The van der Waals surface area contributed by atoms with E-state index >= 15 is 0 Å². The largest absolute Gasteiger partial charge is 0.439 e. The fourth-order valence-corrected chi connectivity index (χ4v) is 2.95. The number of halogens is 3. The van der Waals surface area contributed by atoms with Gasteiger partial charge in [-0.25, -0.2) is 9.67 Å². The summed E-state index contributed by atoms with van der Waals surface area (Å²) in [5.74, 6) is 0.721. The molecule has 0 atom stereocenters. The van der Waals surface area contributed by atoms with Crippen LogP contribution in [-0.4, -0.2) is 37.9 Å². The lowest BCUT2D eigenvalue weighted by molar-refractivity contribution is -0.141. The van der Waals surface area contributed by atoms with Gasteiger partial charge in [0, 0.05) is 43.3 Å². The third kappa shape index (κ3) is 4.78. The van der Waals surface area contributed by atoms with Gasteiger partial charge in [0.1, 0.15) is 17.2 Å². The van der Waals surface area contributed by atoms with E-state index in [0.717, 1.165) is 6.07 Å². The van der Waals surface area contributed by atoms with Gasteiger partial charge in [-0.15, -0.1) is 0 Å². The van der Waals surface area contributed by atoms with Crippen molar-refractivity contribution in [1.29, 1.82) is 0 Å². The first kappa shape index (κ1) is 21.1. The van der Waals surface area contributed by atoms with Crippen molar-refractivity contribution in [1.82, 2.24) is 25.1 Å². The number of anilines is 2. The Morgan fingerprint density at radius 3 is 2.48 bits per heavy atom. The van der Waals surface area contributed by atoms with E-state index in [2.05, 4.69) is 25.7 Å². The van der Waals surface area contributed by atoms with Gasteiger partial charge in [-0.05, 0) is 32.0 Å². The SMILES string of the molecule is CC(C)(O)c1cc(Nc2cc(Oc3cc(C(F)(F)F)nn3C3CNC3)ccn2)ccn1. The summed E-state index contributed by atoms with van der Waals surface area (Å²) < 4.78 is 46.4. The molecule has 3 N–H and O–H groups in total. The Labute approximate surface area is 176 Å². The van der Waals surface area contributed by atoms with E-state index in [-0.39, 0.29) is 11.9 Å². The summed E-state index contributed by atoms with van der Waals surface area (Å²) in [5, 5.41) is 19.9. The number of nitrogens with zero attached hydrogens (tertiary/aromatic N) is 4. The molecule has 0 aromatic carbocycles. The standard InChI is InChI=1S/C20H21F3N6O2/c1-19(2,30)15-7-12(3-5-25-15)27-17-8-14(4-6-26-17)31-18-9-16(20(21,22)23)28-29(18)13-10-24-11-13/h3-9,13,24,30H,10-11H2,1-2H3,(H,25,26,27). The summed E-state index contributed by atoms with van der Waals surface area (Å²) in [7, 11) is 0. The number of alkyl halides is 3. The lowest BCUT2D eigenvalue weighted by Gasteiger charge is -2.28. The van der Waals surface area contributed by atoms with Crippen molar-refractivity contribution < 1.29 is 23.0 Å². The molecule has 1 aliphatic heterocycles. The summed E-state index contributed by atoms with van der Waals surface area (Å²) in [6.07, 6.45) is -1.53. The van der Waals surface area contributed by atoms with Crippen LogP contribution in [-0.2, 0) is 11.8 Å². The van der Waals surface area contributed by atoms with Crippen LogP contribution in [0.4, 0.5) is 24.7 Å². The number of nitrogens with one attached hydrogen (secondary N) is 2. The second-order valence-electron chi connectivity index (χ2n) is 7.71. The Hall–Kier alpha value is -3.18. The number of pyridine rings is 2. The van der Waals surface area contributed by atoms with Gasteiger partial charge >= 0.3 is 6.18 Å². The Kier molecular flexibility index (Phi) is 5.31. The number of aromatic nitrogens is 4. The van der Waals surface area contributed by atoms with Crippen molar-refractivity contribution in [3.8, 4) is 11.6 Å². The Balaban J connectivity index is 1.56. The van der Waals surface area contributed by atoms with Crippen LogP contribution < -0.4 is 15.4 Å². The maximum atomic E-state index is 13.1. The third-order valence-electron chi connectivity index (χ3n) is 4.71. The molecule has 1 fully saturated rings. The predicted octanol–water partition coefficient (Wildman–Crippen LogP) is 3.60. The van der Waals surface area contributed by atoms with Crippen molar-refractivity contribution >= 4 is 11.5 Å². The maximum absolute atomic E-state index is 13.1. The molecule has 0 radical (unpaired) electrons. The number of aliphatic hydroxyl groups is 1. The van der Waals surface area contributed by atoms with Gasteiger partial charge in [-0.3, -0.25) is 4.98 Å². The molecule has 0 saturated carbocycles. The summed E-state index contributed by atoms with van der Waals surface area (Å²) in [6.45, 7) is 4.29. The fraction of sp³-hybridized carbons (Fsp3) is 0.350. The van der Waals surface area contributed by atoms with Crippen molar-refractivity contribution in [3.63, 3.8) is 0 Å². The highest BCUT2D eigenvalue weighted by Crippen LogP contribution is 2.35. The molecule has 31 heavy (non-hydrogen) atoms. The second kappa shape index (κ2) is 7.82. The molecular weight excluding hydrogens is 413 g/mol. The van der Waals surface area contributed by atoms with E-state index in [9.17, 15) is 18.3 Å². The summed E-state index contributed by atoms with van der Waals surface area (Å²) >= 11 is 0. The molecule has 3 aromatic heterocycles. The highest BCUT2D eigenvalue weighted by atomic mass is 19.4. The number of hydrogen-bond acceptors (Lipinski definition) is 7. The molecule has 0 bridgehead atoms. The fourth-order valence-electron chi connectivity index (χ4n) is 2.95. The van der Waals surface area contributed by atoms with Gasteiger partial charge < -0.3 is 20.5 Å². The molecule has 0 amide bonds. The third-order valence-corrected chi connectivity index (χ3v) is 4.71. The van der Waals surface area contributed by atoms with E-state index in [1.165, 1.54) is 10.9 Å². The monoisotopic (exact) mass is 434 g/mol. The minimum absolute atomic E-state index is 0.00389. The normalized spacial score (nSPS) is 14.9. The van der Waals surface area contributed by atoms with Crippen LogP contribution in [0.15, 0.2) is 42.7 Å². The van der Waals surface area contributed by atoms with E-state index in [0.29, 0.717) is 36.0 Å². The first-order valence-electron chi connectivity index (χ1n) is 9.57. The number of hydrogen-bond donors (Lipinski definition) is 3. The lowest BCUT2D eigenvalue weighted by Crippen LogP contribution is -2.44. The zero-order chi connectivity index (χ0) is 22.2. The van der Waals surface area contributed by atoms with Gasteiger partial charge in [0.25, 0.3) is 0 Å². The van der Waals surface area contributed by atoms with Crippen molar-refractivity contribution in [2.24, 2.45) is 0 Å². The predicted molar refractivity (Wildman–Crippen MR) is 106 cm³/mol. The first-order valence-corrected chi connectivity index (χ1v) is 9.57. The molecule has 8 nitrogen and oxygen atoms in total. The van der Waals surface area contributed by atoms with E-state index in [1.807, 2.05) is 0 Å². The average molecular weight is 434 g/mol. The topological polar surface area (TPSA) is 97.1 Å². The van der Waals surface area contributed by atoms with Crippen LogP contribution in [0, 0.1) is 0 Å². The molecule has 11 heteroatoms. The van der Waals surface area contributed by atoms with Gasteiger partial charge in [-0.1, -0.05) is 0 Å². The van der Waals surface area contributed by atoms with E-state index < -0.39 is 17.5 Å². The lowest BCUT2D eigenvalue weighted by atomic mass is 10.0. The summed E-state index contributed by atoms with van der Waals surface area (Å²) in [6, 6.07) is 7.19. The average Bonchev–Trinajstić information content (AvgIpc) is 3.04. The molecule has 164 valence electrons. The van der Waals surface area contributed by atoms with Gasteiger partial charge in [0.2, 0.25) is 5.88 Å². The highest BCUT2D eigenvalue weighted by molar-refractivity contribution is 5.57. The molecule has 1 aliphatic rings. The molecule has 3 aromatic rings. The van der Waals surface area contributed by atoms with Crippen molar-refractivity contribution in [2.75, 3.05) is 18.4 Å². The minimum Gasteiger partial charge on any atom is -0.439 e. The molecular formula is C20H21F3N6O2. The van der Waals surface area contributed by atoms with Crippen LogP contribution in [0.1, 0.15) is 31.3 Å². The smallest absolute Gasteiger partial charge is 0.435 e. The Morgan fingerprint density at radius 1 is 1.10 bits per heavy atom. The van der Waals surface area contributed by atoms with Crippen LogP contribution in [0.2, 0.25) is 0 Å². The zero-order valence-corrected chi connectivity index (χ0v) is 16.8. The first-order chi connectivity index (χ1) is 14.6. The highest BCUT2D eigenvalue weighted by Gasteiger charge is 2.37. The van der Waals surface area contributed by atoms with Gasteiger partial charge in [-0.2, -0.15) is 18.3 Å². The number of rotatable bonds is 6. The molecule has 0 unspecified atom stereocenters. The second-order valence-corrected chi connectivity index (χ2v) is 7.71. The maximum Gasteiger partial charge on any atom is 0.435 e. The molecule has 0 spiro atoms. The molecule has 0 aliphatic carbocycles. The quantitative estimate of drug-likeness (QED) is 0.545. The zero-order valence-electron chi connectivity index (χ0n) is 16.8. The Morgan fingerprint density at radius 2 is 1.84 bits per heavy atom. The molecule has 4 heterocycles. The van der Waals surface area contributed by atoms with Crippen LogP contribution in [0.5, 0.6) is 11.6 Å². The van der Waals surface area contributed by atoms with Gasteiger partial charge in [0.15, 0.2) is 5.69 Å². The molecule has 4 rings (SSSR count). The summed E-state index contributed by atoms with van der Waals surface area (Å²) in [5.41, 5.74) is -0.997. The molecule has 1 saturated heterocycles. The van der Waals surface area contributed by atoms with Gasteiger partial charge in [0.05, 0.1) is 11.7 Å². The van der Waals surface area contributed by atoms with E-state index in [1.54, 1.807) is 44.3 Å². The summed E-state index contributed by atoms with van der Waals surface area (Å²) in [4.78, 5) is 8.36. The number of ether oxygens (including phenoxy) is 1. The van der Waals surface area contributed by atoms with Crippen molar-refractivity contribution in [3.05, 3.63) is 54.1 Å². The van der Waals surface area contributed by atoms with Crippen LogP contribution in [0.25, 0.3) is 0 Å².